The minimum atomic E-state index is -1.28. The van der Waals surface area contributed by atoms with Crippen LogP contribution in [-0.2, 0) is 15.0 Å². The van der Waals surface area contributed by atoms with Crippen molar-refractivity contribution in [2.24, 2.45) is 5.41 Å². The smallest absolute Gasteiger partial charge is 0.239 e. The van der Waals surface area contributed by atoms with Crippen molar-refractivity contribution in [3.05, 3.63) is 59.7 Å². The standard InChI is InChI=1S/C23H28N2O3/c1-15(26)16-7-11-18(12-8-16)24-20(27)23(5,6)21(28)25-19-13-9-17(10-14-19)22(2,3)4/h7-14H,1-6H3,(H,24,27)(H,25,28). The van der Waals surface area contributed by atoms with Crippen LogP contribution in [0, 0.1) is 5.41 Å². The monoisotopic (exact) mass is 380 g/mol. The molecule has 0 spiro atoms. The van der Waals surface area contributed by atoms with Crippen molar-refractivity contribution in [2.45, 2.75) is 47.0 Å². The minimum Gasteiger partial charge on any atom is -0.325 e. The summed E-state index contributed by atoms with van der Waals surface area (Å²) >= 11 is 0. The Balaban J connectivity index is 2.06. The van der Waals surface area contributed by atoms with Crippen molar-refractivity contribution >= 4 is 29.0 Å². The summed E-state index contributed by atoms with van der Waals surface area (Å²) in [6.45, 7) is 11.0. The van der Waals surface area contributed by atoms with Gasteiger partial charge in [-0.05, 0) is 68.1 Å². The first-order chi connectivity index (χ1) is 12.9. The third kappa shape index (κ3) is 5.06. The van der Waals surface area contributed by atoms with Crippen LogP contribution in [0.5, 0.6) is 0 Å². The molecule has 2 N–H and O–H groups in total. The molecular formula is C23H28N2O3. The molecule has 5 heteroatoms. The lowest BCUT2D eigenvalue weighted by molar-refractivity contribution is -0.135. The molecular weight excluding hydrogens is 352 g/mol. The van der Waals surface area contributed by atoms with E-state index in [2.05, 4.69) is 31.4 Å². The fourth-order valence-corrected chi connectivity index (χ4v) is 2.52. The number of hydrogen-bond donors (Lipinski definition) is 2. The molecule has 0 saturated heterocycles. The first kappa shape index (κ1) is 21.4. The summed E-state index contributed by atoms with van der Waals surface area (Å²) in [5.74, 6) is -0.865. The lowest BCUT2D eigenvalue weighted by atomic mass is 9.87. The summed E-state index contributed by atoms with van der Waals surface area (Å²) in [6, 6.07) is 14.2. The third-order valence-electron chi connectivity index (χ3n) is 4.69. The van der Waals surface area contributed by atoms with Crippen molar-refractivity contribution in [2.75, 3.05) is 10.6 Å². The summed E-state index contributed by atoms with van der Waals surface area (Å²) in [6.07, 6.45) is 0. The second-order valence-corrected chi connectivity index (χ2v) is 8.49. The first-order valence-corrected chi connectivity index (χ1v) is 9.26. The predicted molar refractivity (Wildman–Crippen MR) is 113 cm³/mol. The molecule has 0 radical (unpaired) electrons. The average Bonchev–Trinajstić information content (AvgIpc) is 2.61. The van der Waals surface area contributed by atoms with Crippen LogP contribution >= 0.6 is 0 Å². The van der Waals surface area contributed by atoms with Gasteiger partial charge in [0.05, 0.1) is 0 Å². The van der Waals surface area contributed by atoms with E-state index in [1.54, 1.807) is 38.1 Å². The molecule has 148 valence electrons. The van der Waals surface area contributed by atoms with Crippen LogP contribution < -0.4 is 10.6 Å². The van der Waals surface area contributed by atoms with E-state index in [4.69, 9.17) is 0 Å². The molecule has 2 aromatic carbocycles. The number of nitrogens with one attached hydrogen (secondary N) is 2. The lowest BCUT2D eigenvalue weighted by Crippen LogP contribution is -2.41. The van der Waals surface area contributed by atoms with Gasteiger partial charge in [0.1, 0.15) is 5.41 Å². The minimum absolute atomic E-state index is 0.0274. The number of hydrogen-bond acceptors (Lipinski definition) is 3. The van der Waals surface area contributed by atoms with Crippen LogP contribution in [0.15, 0.2) is 48.5 Å². The highest BCUT2D eigenvalue weighted by Crippen LogP contribution is 2.25. The Kier molecular flexibility index (Phi) is 6.07. The van der Waals surface area contributed by atoms with Crippen LogP contribution in [0.2, 0.25) is 0 Å². The van der Waals surface area contributed by atoms with Crippen LogP contribution in [0.25, 0.3) is 0 Å². The van der Waals surface area contributed by atoms with E-state index in [0.29, 0.717) is 16.9 Å². The van der Waals surface area contributed by atoms with E-state index >= 15 is 0 Å². The Morgan fingerprint density at radius 2 is 1.07 bits per heavy atom. The van der Waals surface area contributed by atoms with Crippen molar-refractivity contribution in [3.63, 3.8) is 0 Å². The van der Waals surface area contributed by atoms with E-state index in [1.807, 2.05) is 24.3 Å². The van der Waals surface area contributed by atoms with E-state index in [-0.39, 0.29) is 11.2 Å². The Labute approximate surface area is 166 Å². The van der Waals surface area contributed by atoms with Gasteiger partial charge in [0, 0.05) is 16.9 Å². The van der Waals surface area contributed by atoms with E-state index in [1.165, 1.54) is 6.92 Å². The number of ketones is 1. The van der Waals surface area contributed by atoms with Gasteiger partial charge in [-0.1, -0.05) is 32.9 Å². The first-order valence-electron chi connectivity index (χ1n) is 9.26. The SMILES string of the molecule is CC(=O)c1ccc(NC(=O)C(C)(C)C(=O)Nc2ccc(C(C)(C)C)cc2)cc1. The molecule has 0 aliphatic carbocycles. The summed E-state index contributed by atoms with van der Waals surface area (Å²) in [5.41, 5.74) is 1.65. The molecule has 5 nitrogen and oxygen atoms in total. The van der Waals surface area contributed by atoms with Gasteiger partial charge in [-0.2, -0.15) is 0 Å². The Bertz CT molecular complexity index is 874. The molecule has 0 atom stereocenters. The molecule has 0 saturated carbocycles. The Morgan fingerprint density at radius 1 is 0.679 bits per heavy atom. The summed E-state index contributed by atoms with van der Waals surface area (Å²) in [5, 5.41) is 5.54. The molecule has 0 fully saturated rings. The van der Waals surface area contributed by atoms with Gasteiger partial charge in [0.25, 0.3) is 0 Å². The number of Topliss-reactive ketones (excluding diaryl/α,β-unsaturated/α-hetero) is 1. The maximum atomic E-state index is 12.7. The van der Waals surface area contributed by atoms with Crippen LogP contribution in [0.4, 0.5) is 11.4 Å². The molecule has 28 heavy (non-hydrogen) atoms. The van der Waals surface area contributed by atoms with E-state index < -0.39 is 17.2 Å². The molecule has 0 bridgehead atoms. The number of benzene rings is 2. The molecule has 0 aliphatic heterocycles. The normalized spacial score (nSPS) is 11.6. The largest absolute Gasteiger partial charge is 0.325 e. The number of amides is 2. The van der Waals surface area contributed by atoms with Gasteiger partial charge < -0.3 is 10.6 Å². The lowest BCUT2D eigenvalue weighted by Gasteiger charge is -2.23. The van der Waals surface area contributed by atoms with Gasteiger partial charge >= 0.3 is 0 Å². The van der Waals surface area contributed by atoms with E-state index in [9.17, 15) is 14.4 Å². The quantitative estimate of drug-likeness (QED) is 0.578. The van der Waals surface area contributed by atoms with Gasteiger partial charge in [-0.25, -0.2) is 0 Å². The highest BCUT2D eigenvalue weighted by Gasteiger charge is 2.36. The number of rotatable bonds is 5. The second kappa shape index (κ2) is 7.97. The fraction of sp³-hybridized carbons (Fsp3) is 0.348. The maximum absolute atomic E-state index is 12.7. The topological polar surface area (TPSA) is 75.3 Å². The Hall–Kier alpha value is -2.95. The number of carbonyl (C=O) groups is 3. The summed E-state index contributed by atoms with van der Waals surface area (Å²) < 4.78 is 0. The van der Waals surface area contributed by atoms with Crippen molar-refractivity contribution in [3.8, 4) is 0 Å². The zero-order valence-corrected chi connectivity index (χ0v) is 17.3. The van der Waals surface area contributed by atoms with Crippen molar-refractivity contribution < 1.29 is 14.4 Å². The Morgan fingerprint density at radius 3 is 1.43 bits per heavy atom. The molecule has 0 aliphatic rings. The molecule has 0 heterocycles. The van der Waals surface area contributed by atoms with Crippen molar-refractivity contribution in [1.82, 2.24) is 0 Å². The van der Waals surface area contributed by atoms with Crippen molar-refractivity contribution in [1.29, 1.82) is 0 Å². The van der Waals surface area contributed by atoms with Gasteiger partial charge in [0.15, 0.2) is 5.78 Å². The molecule has 2 amide bonds. The maximum Gasteiger partial charge on any atom is 0.239 e. The average molecular weight is 380 g/mol. The number of carbonyl (C=O) groups excluding carboxylic acids is 3. The molecule has 2 aromatic rings. The highest BCUT2D eigenvalue weighted by atomic mass is 16.2. The van der Waals surface area contributed by atoms with E-state index in [0.717, 1.165) is 5.56 Å². The van der Waals surface area contributed by atoms with Crippen LogP contribution in [0.3, 0.4) is 0 Å². The fourth-order valence-electron chi connectivity index (χ4n) is 2.52. The predicted octanol–water partition coefficient (Wildman–Crippen LogP) is 4.79. The summed E-state index contributed by atoms with van der Waals surface area (Å²) in [4.78, 5) is 36.6. The van der Waals surface area contributed by atoms with Gasteiger partial charge in [-0.3, -0.25) is 14.4 Å². The van der Waals surface area contributed by atoms with Gasteiger partial charge in [0.2, 0.25) is 11.8 Å². The molecule has 0 aromatic heterocycles. The number of anilines is 2. The zero-order chi connectivity index (χ0) is 21.1. The second-order valence-electron chi connectivity index (χ2n) is 8.49. The van der Waals surface area contributed by atoms with Crippen LogP contribution in [0.1, 0.15) is 57.5 Å². The molecule has 2 rings (SSSR count). The van der Waals surface area contributed by atoms with Crippen LogP contribution in [-0.4, -0.2) is 17.6 Å². The third-order valence-corrected chi connectivity index (χ3v) is 4.69. The van der Waals surface area contributed by atoms with Gasteiger partial charge in [-0.15, -0.1) is 0 Å². The summed E-state index contributed by atoms with van der Waals surface area (Å²) in [7, 11) is 0. The zero-order valence-electron chi connectivity index (χ0n) is 17.3. The highest BCUT2D eigenvalue weighted by molar-refractivity contribution is 6.14. The molecule has 0 unspecified atom stereocenters.